The minimum Gasteiger partial charge on any atom is -0.454 e. The lowest BCUT2D eigenvalue weighted by Crippen LogP contribution is -2.26. The van der Waals surface area contributed by atoms with E-state index in [-0.39, 0.29) is 24.1 Å². The molecule has 9 heteroatoms. The van der Waals surface area contributed by atoms with Gasteiger partial charge in [-0.05, 0) is 30.7 Å². The lowest BCUT2D eigenvalue weighted by atomic mass is 10.1. The fourth-order valence-corrected chi connectivity index (χ4v) is 2.94. The molecule has 0 saturated carbocycles. The fourth-order valence-electron chi connectivity index (χ4n) is 2.94. The van der Waals surface area contributed by atoms with E-state index >= 15 is 0 Å². The van der Waals surface area contributed by atoms with Crippen LogP contribution in [0.15, 0.2) is 24.3 Å². The molecule has 136 valence electrons. The summed E-state index contributed by atoms with van der Waals surface area (Å²) in [6, 6.07) is 5.44. The Labute approximate surface area is 149 Å². The van der Waals surface area contributed by atoms with Crippen LogP contribution in [0.3, 0.4) is 0 Å². The highest BCUT2D eigenvalue weighted by atomic mass is 16.7. The molecule has 0 aliphatic carbocycles. The first kappa shape index (κ1) is 16.3. The van der Waals surface area contributed by atoms with Crippen molar-refractivity contribution < 1.29 is 19.4 Å². The van der Waals surface area contributed by atoms with Crippen LogP contribution in [0.4, 0.5) is 11.6 Å². The Bertz CT molecular complexity index is 905. The van der Waals surface area contributed by atoms with Crippen molar-refractivity contribution in [2.24, 2.45) is 0 Å². The molecule has 5 N–H and O–H groups in total. The third-order valence-corrected chi connectivity index (χ3v) is 4.20. The van der Waals surface area contributed by atoms with Crippen LogP contribution in [-0.2, 0) is 0 Å². The number of amides is 1. The number of carbonyl (C=O) groups excluding carboxylic acids is 1. The summed E-state index contributed by atoms with van der Waals surface area (Å²) in [6.45, 7) is 2.66. The highest BCUT2D eigenvalue weighted by Crippen LogP contribution is 2.38. The molecule has 0 radical (unpaired) electrons. The topological polar surface area (TPSA) is 124 Å². The number of nitrogen functional groups attached to an aromatic ring is 1. The zero-order valence-corrected chi connectivity index (χ0v) is 14.2. The monoisotopic (exact) mass is 357 g/mol. The van der Waals surface area contributed by atoms with Gasteiger partial charge in [-0.15, -0.1) is 0 Å². The van der Waals surface area contributed by atoms with Gasteiger partial charge in [0, 0.05) is 17.8 Å². The number of aromatic nitrogens is 2. The number of nitrogens with two attached hydrogens (primary N) is 1. The third-order valence-electron chi connectivity index (χ3n) is 4.20. The molecule has 0 spiro atoms. The predicted octanol–water partition coefficient (Wildman–Crippen LogP) is 1.29. The van der Waals surface area contributed by atoms with Crippen LogP contribution in [0.1, 0.15) is 35.5 Å². The summed E-state index contributed by atoms with van der Waals surface area (Å²) in [4.78, 5) is 12.4. The summed E-state index contributed by atoms with van der Waals surface area (Å²) in [5.74, 6) is 1.36. The van der Waals surface area contributed by atoms with Crippen molar-refractivity contribution in [3.8, 4) is 11.5 Å². The van der Waals surface area contributed by atoms with E-state index in [1.54, 1.807) is 18.2 Å². The largest absolute Gasteiger partial charge is 0.454 e. The number of benzene rings is 1. The number of nitrogens with zero attached hydrogens (tertiary/aromatic N) is 2. The smallest absolute Gasteiger partial charge is 0.258 e. The van der Waals surface area contributed by atoms with Crippen molar-refractivity contribution in [2.45, 2.75) is 19.6 Å². The molecular formula is C17H19N5O4. The molecule has 9 nitrogen and oxygen atoms in total. The SMILES string of the molecule is CCCNC(=O)c1c(N)nn2c1NC(c1ccc3c(c1)OCO3)=CC2O. The molecule has 1 atom stereocenters. The fraction of sp³-hybridized carbons (Fsp3) is 0.294. The lowest BCUT2D eigenvalue weighted by molar-refractivity contribution is 0.0955. The molecule has 4 rings (SSSR count). The molecule has 1 aromatic heterocycles. The number of aliphatic hydroxyl groups is 1. The van der Waals surface area contributed by atoms with E-state index in [9.17, 15) is 9.90 Å². The summed E-state index contributed by atoms with van der Waals surface area (Å²) >= 11 is 0. The molecule has 0 fully saturated rings. The Kier molecular flexibility index (Phi) is 3.92. The number of hydrogen-bond acceptors (Lipinski definition) is 7. The number of anilines is 2. The van der Waals surface area contributed by atoms with Gasteiger partial charge in [-0.3, -0.25) is 4.79 Å². The maximum atomic E-state index is 12.4. The van der Waals surface area contributed by atoms with Crippen LogP contribution in [0.2, 0.25) is 0 Å². The van der Waals surface area contributed by atoms with Crippen molar-refractivity contribution in [3.63, 3.8) is 0 Å². The van der Waals surface area contributed by atoms with Crippen molar-refractivity contribution in [3.05, 3.63) is 35.4 Å². The highest BCUT2D eigenvalue weighted by Gasteiger charge is 2.29. The van der Waals surface area contributed by atoms with Crippen LogP contribution >= 0.6 is 0 Å². The lowest BCUT2D eigenvalue weighted by Gasteiger charge is -2.22. The number of fused-ring (bicyclic) bond motifs is 2. The number of rotatable bonds is 4. The van der Waals surface area contributed by atoms with E-state index in [1.807, 2.05) is 13.0 Å². The van der Waals surface area contributed by atoms with Crippen LogP contribution in [0, 0.1) is 0 Å². The molecule has 1 unspecified atom stereocenters. The van der Waals surface area contributed by atoms with Gasteiger partial charge in [0.05, 0.1) is 0 Å². The van der Waals surface area contributed by atoms with Crippen LogP contribution in [0.25, 0.3) is 5.70 Å². The van der Waals surface area contributed by atoms with Gasteiger partial charge < -0.3 is 30.9 Å². The summed E-state index contributed by atoms with van der Waals surface area (Å²) < 4.78 is 12.0. The van der Waals surface area contributed by atoms with E-state index in [4.69, 9.17) is 15.2 Å². The van der Waals surface area contributed by atoms with Gasteiger partial charge in [-0.25, -0.2) is 4.68 Å². The van der Waals surface area contributed by atoms with Gasteiger partial charge in [0.2, 0.25) is 6.79 Å². The Morgan fingerprint density at radius 3 is 3.08 bits per heavy atom. The molecule has 3 heterocycles. The minimum atomic E-state index is -1.05. The predicted molar refractivity (Wildman–Crippen MR) is 94.7 cm³/mol. The molecule has 0 bridgehead atoms. The quantitative estimate of drug-likeness (QED) is 0.650. The van der Waals surface area contributed by atoms with E-state index in [0.29, 0.717) is 29.6 Å². The van der Waals surface area contributed by atoms with Crippen molar-refractivity contribution >= 4 is 23.2 Å². The van der Waals surface area contributed by atoms with Gasteiger partial charge >= 0.3 is 0 Å². The summed E-state index contributed by atoms with van der Waals surface area (Å²) in [6.07, 6.45) is 1.33. The normalized spacial score (nSPS) is 17.3. The Morgan fingerprint density at radius 2 is 2.27 bits per heavy atom. The first-order valence-electron chi connectivity index (χ1n) is 8.31. The maximum Gasteiger partial charge on any atom is 0.258 e. The standard InChI is InChI=1S/C17H19N5O4/c1-2-5-19-17(24)14-15(18)21-22-13(23)7-10(20-16(14)22)9-3-4-11-12(6-9)26-8-25-11/h3-4,6-7,13,20,23H,2,5,8H2,1H3,(H2,18,21)(H,19,24). The van der Waals surface area contributed by atoms with Gasteiger partial charge in [0.1, 0.15) is 11.4 Å². The van der Waals surface area contributed by atoms with Crippen LogP contribution in [-0.4, -0.2) is 34.1 Å². The Hall–Kier alpha value is -3.20. The first-order chi connectivity index (χ1) is 12.6. The third kappa shape index (κ3) is 2.62. The molecule has 26 heavy (non-hydrogen) atoms. The molecular weight excluding hydrogens is 338 g/mol. The van der Waals surface area contributed by atoms with Gasteiger partial charge in [-0.2, -0.15) is 5.10 Å². The Morgan fingerprint density at radius 1 is 1.46 bits per heavy atom. The zero-order valence-electron chi connectivity index (χ0n) is 14.2. The van der Waals surface area contributed by atoms with E-state index in [1.165, 1.54) is 4.68 Å². The minimum absolute atomic E-state index is 0.0560. The number of nitrogens with one attached hydrogen (secondary N) is 2. The molecule has 2 aliphatic heterocycles. The number of hydrogen-bond donors (Lipinski definition) is 4. The van der Waals surface area contributed by atoms with Gasteiger partial charge in [-0.1, -0.05) is 6.92 Å². The second-order valence-electron chi connectivity index (χ2n) is 6.00. The molecule has 2 aromatic rings. The maximum absolute atomic E-state index is 12.4. The van der Waals surface area contributed by atoms with Gasteiger partial charge in [0.15, 0.2) is 23.5 Å². The van der Waals surface area contributed by atoms with E-state index in [2.05, 4.69) is 15.7 Å². The van der Waals surface area contributed by atoms with E-state index in [0.717, 1.165) is 12.0 Å². The second-order valence-corrected chi connectivity index (χ2v) is 6.00. The van der Waals surface area contributed by atoms with E-state index < -0.39 is 6.23 Å². The van der Waals surface area contributed by atoms with Gasteiger partial charge in [0.25, 0.3) is 5.91 Å². The second kappa shape index (κ2) is 6.26. The van der Waals surface area contributed by atoms with Crippen LogP contribution < -0.4 is 25.8 Å². The molecule has 0 saturated heterocycles. The van der Waals surface area contributed by atoms with Crippen molar-refractivity contribution in [1.29, 1.82) is 0 Å². The average molecular weight is 357 g/mol. The number of aliphatic hydroxyl groups excluding tert-OH is 1. The van der Waals surface area contributed by atoms with Crippen molar-refractivity contribution in [2.75, 3.05) is 24.4 Å². The molecule has 1 aromatic carbocycles. The number of ether oxygens (including phenoxy) is 2. The highest BCUT2D eigenvalue weighted by molar-refractivity contribution is 6.04. The summed E-state index contributed by atoms with van der Waals surface area (Å²) in [5, 5.41) is 20.4. The van der Waals surface area contributed by atoms with Crippen molar-refractivity contribution in [1.82, 2.24) is 15.1 Å². The average Bonchev–Trinajstić information content (AvgIpc) is 3.22. The zero-order chi connectivity index (χ0) is 18.3. The number of carbonyl (C=O) groups is 1. The molecule has 2 aliphatic rings. The summed E-state index contributed by atoms with van der Waals surface area (Å²) in [5.41, 5.74) is 7.52. The molecule has 1 amide bonds. The summed E-state index contributed by atoms with van der Waals surface area (Å²) in [7, 11) is 0. The first-order valence-corrected chi connectivity index (χ1v) is 8.31. The Balaban J connectivity index is 1.68. The van der Waals surface area contributed by atoms with Crippen LogP contribution in [0.5, 0.6) is 11.5 Å².